The third kappa shape index (κ3) is 0.816. The molecular formula is C12H11N. The standard InChI is InChI=1S/C12H11N/c1-8-10-6-2-4-9-5-3-7-11(13-8)12(9)10/h2-7,12-13H,1H3/t12-/m0/s1. The molecule has 0 aromatic rings. The first-order valence-electron chi connectivity index (χ1n) is 4.60. The molecule has 0 aromatic heterocycles. The molecule has 2 aliphatic carbocycles. The fourth-order valence-electron chi connectivity index (χ4n) is 2.24. The van der Waals surface area contributed by atoms with Crippen LogP contribution < -0.4 is 5.32 Å². The fraction of sp³-hybridized carbons (Fsp3) is 0.167. The van der Waals surface area contributed by atoms with E-state index >= 15 is 0 Å². The molecule has 0 radical (unpaired) electrons. The Morgan fingerprint density at radius 3 is 2.92 bits per heavy atom. The molecule has 1 N–H and O–H groups in total. The molecule has 3 aliphatic rings. The smallest absolute Gasteiger partial charge is 0.0507 e. The molecule has 0 aromatic carbocycles. The summed E-state index contributed by atoms with van der Waals surface area (Å²) in [6.45, 7) is 2.14. The molecule has 1 nitrogen and oxygen atoms in total. The van der Waals surface area contributed by atoms with Crippen LogP contribution in [0.15, 0.2) is 59.0 Å². The SMILES string of the molecule is CC1=C2C=CC=C3C=CC=C(N1)[C@@H]32. The van der Waals surface area contributed by atoms with Gasteiger partial charge in [0.1, 0.15) is 0 Å². The van der Waals surface area contributed by atoms with Gasteiger partial charge in [-0.3, -0.25) is 0 Å². The summed E-state index contributed by atoms with van der Waals surface area (Å²) in [4.78, 5) is 0. The van der Waals surface area contributed by atoms with E-state index < -0.39 is 0 Å². The van der Waals surface area contributed by atoms with Gasteiger partial charge in [0.25, 0.3) is 0 Å². The third-order valence-electron chi connectivity index (χ3n) is 2.85. The third-order valence-corrected chi connectivity index (χ3v) is 2.85. The Labute approximate surface area is 77.8 Å². The highest BCUT2D eigenvalue weighted by Crippen LogP contribution is 2.39. The maximum Gasteiger partial charge on any atom is 0.0507 e. The molecule has 0 saturated carbocycles. The van der Waals surface area contributed by atoms with Gasteiger partial charge in [0.15, 0.2) is 0 Å². The molecule has 0 unspecified atom stereocenters. The van der Waals surface area contributed by atoms with E-state index in [0.717, 1.165) is 0 Å². The van der Waals surface area contributed by atoms with E-state index in [-0.39, 0.29) is 0 Å². The summed E-state index contributed by atoms with van der Waals surface area (Å²) in [7, 11) is 0. The lowest BCUT2D eigenvalue weighted by molar-refractivity contribution is 0.849. The molecule has 0 spiro atoms. The van der Waals surface area contributed by atoms with Crippen molar-refractivity contribution in [1.82, 2.24) is 5.32 Å². The maximum absolute atomic E-state index is 3.42. The van der Waals surface area contributed by atoms with Crippen molar-refractivity contribution >= 4 is 0 Å². The van der Waals surface area contributed by atoms with Gasteiger partial charge in [0, 0.05) is 11.4 Å². The van der Waals surface area contributed by atoms with Crippen molar-refractivity contribution in [3.63, 3.8) is 0 Å². The minimum atomic E-state index is 0.495. The van der Waals surface area contributed by atoms with Gasteiger partial charge in [-0.1, -0.05) is 30.4 Å². The Morgan fingerprint density at radius 1 is 1.15 bits per heavy atom. The second-order valence-corrected chi connectivity index (χ2v) is 3.65. The molecule has 1 heteroatoms. The molecule has 64 valence electrons. The van der Waals surface area contributed by atoms with Crippen LogP contribution >= 0.6 is 0 Å². The average molecular weight is 169 g/mol. The van der Waals surface area contributed by atoms with Crippen molar-refractivity contribution < 1.29 is 0 Å². The van der Waals surface area contributed by atoms with Crippen LogP contribution in [0.3, 0.4) is 0 Å². The van der Waals surface area contributed by atoms with Crippen LogP contribution in [0.5, 0.6) is 0 Å². The van der Waals surface area contributed by atoms with Crippen LogP contribution in [0.2, 0.25) is 0 Å². The first-order valence-corrected chi connectivity index (χ1v) is 4.60. The number of allylic oxidation sites excluding steroid dienone is 8. The molecule has 0 bridgehead atoms. The second kappa shape index (κ2) is 2.25. The van der Waals surface area contributed by atoms with E-state index in [9.17, 15) is 0 Å². The zero-order valence-electron chi connectivity index (χ0n) is 7.54. The van der Waals surface area contributed by atoms with Crippen molar-refractivity contribution in [2.45, 2.75) is 6.92 Å². The summed E-state index contributed by atoms with van der Waals surface area (Å²) in [5, 5.41) is 3.42. The number of rotatable bonds is 0. The second-order valence-electron chi connectivity index (χ2n) is 3.65. The molecule has 0 saturated heterocycles. The highest BCUT2D eigenvalue weighted by Gasteiger charge is 2.30. The van der Waals surface area contributed by atoms with Crippen LogP contribution in [0.25, 0.3) is 0 Å². The lowest BCUT2D eigenvalue weighted by Gasteiger charge is -2.20. The van der Waals surface area contributed by atoms with Gasteiger partial charge in [0.05, 0.1) is 5.92 Å². The van der Waals surface area contributed by atoms with Gasteiger partial charge in [-0.25, -0.2) is 0 Å². The Balaban J connectivity index is 2.23. The van der Waals surface area contributed by atoms with Crippen LogP contribution in [-0.2, 0) is 0 Å². The molecule has 1 heterocycles. The number of hydrogen-bond acceptors (Lipinski definition) is 1. The summed E-state index contributed by atoms with van der Waals surface area (Å²) < 4.78 is 0. The van der Waals surface area contributed by atoms with Crippen LogP contribution in [0, 0.1) is 5.92 Å². The van der Waals surface area contributed by atoms with Gasteiger partial charge in [-0.05, 0) is 24.1 Å². The first kappa shape index (κ1) is 6.96. The maximum atomic E-state index is 3.42. The lowest BCUT2D eigenvalue weighted by Crippen LogP contribution is -2.13. The fourth-order valence-corrected chi connectivity index (χ4v) is 2.24. The van der Waals surface area contributed by atoms with Crippen LogP contribution in [0.1, 0.15) is 6.92 Å². The molecule has 0 amide bonds. The Hall–Kier alpha value is -1.50. The lowest BCUT2D eigenvalue weighted by atomic mass is 9.84. The summed E-state index contributed by atoms with van der Waals surface area (Å²) in [6.07, 6.45) is 13.0. The van der Waals surface area contributed by atoms with Crippen molar-refractivity contribution in [2.24, 2.45) is 5.92 Å². The highest BCUT2D eigenvalue weighted by molar-refractivity contribution is 5.56. The first-order chi connectivity index (χ1) is 6.36. The predicted octanol–water partition coefficient (Wildman–Crippen LogP) is 2.43. The average Bonchev–Trinajstić information content (AvgIpc) is 2.47. The van der Waals surface area contributed by atoms with Crippen molar-refractivity contribution in [3.05, 3.63) is 59.0 Å². The minimum Gasteiger partial charge on any atom is -0.361 e. The summed E-state index contributed by atoms with van der Waals surface area (Å²) in [5.74, 6) is 0.495. The van der Waals surface area contributed by atoms with Crippen LogP contribution in [0.4, 0.5) is 0 Å². The van der Waals surface area contributed by atoms with E-state index in [1.165, 1.54) is 22.5 Å². The van der Waals surface area contributed by atoms with Gasteiger partial charge < -0.3 is 5.32 Å². The van der Waals surface area contributed by atoms with E-state index in [2.05, 4.69) is 48.7 Å². The van der Waals surface area contributed by atoms with E-state index in [1.807, 2.05) is 0 Å². The Kier molecular flexibility index (Phi) is 1.21. The van der Waals surface area contributed by atoms with Crippen molar-refractivity contribution in [2.75, 3.05) is 0 Å². The predicted molar refractivity (Wildman–Crippen MR) is 53.8 cm³/mol. The highest BCUT2D eigenvalue weighted by atomic mass is 14.9. The normalized spacial score (nSPS) is 28.2. The monoisotopic (exact) mass is 169 g/mol. The molecular weight excluding hydrogens is 158 g/mol. The number of hydrogen-bond donors (Lipinski definition) is 1. The Bertz CT molecular complexity index is 416. The van der Waals surface area contributed by atoms with E-state index in [1.54, 1.807) is 0 Å². The summed E-state index contributed by atoms with van der Waals surface area (Å²) in [5.41, 5.74) is 5.44. The van der Waals surface area contributed by atoms with E-state index in [0.29, 0.717) is 5.92 Å². The topological polar surface area (TPSA) is 12.0 Å². The zero-order valence-corrected chi connectivity index (χ0v) is 7.54. The molecule has 13 heavy (non-hydrogen) atoms. The quantitative estimate of drug-likeness (QED) is 0.587. The van der Waals surface area contributed by atoms with Crippen LogP contribution in [-0.4, -0.2) is 0 Å². The molecule has 0 fully saturated rings. The van der Waals surface area contributed by atoms with Gasteiger partial charge in [-0.15, -0.1) is 0 Å². The van der Waals surface area contributed by atoms with Crippen molar-refractivity contribution in [3.8, 4) is 0 Å². The largest absolute Gasteiger partial charge is 0.361 e. The molecule has 1 atom stereocenters. The summed E-state index contributed by atoms with van der Waals surface area (Å²) >= 11 is 0. The zero-order chi connectivity index (χ0) is 8.84. The Morgan fingerprint density at radius 2 is 2.00 bits per heavy atom. The van der Waals surface area contributed by atoms with Gasteiger partial charge in [-0.2, -0.15) is 0 Å². The molecule has 1 aliphatic heterocycles. The summed E-state index contributed by atoms with van der Waals surface area (Å²) in [6, 6.07) is 0. The van der Waals surface area contributed by atoms with Gasteiger partial charge >= 0.3 is 0 Å². The minimum absolute atomic E-state index is 0.495. The number of nitrogens with one attached hydrogen (secondary N) is 1. The van der Waals surface area contributed by atoms with Gasteiger partial charge in [0.2, 0.25) is 0 Å². The van der Waals surface area contributed by atoms with Crippen molar-refractivity contribution in [1.29, 1.82) is 0 Å². The van der Waals surface area contributed by atoms with E-state index in [4.69, 9.17) is 0 Å². The molecule has 3 rings (SSSR count).